The second-order valence-corrected chi connectivity index (χ2v) is 9.45. The fraction of sp³-hybridized carbons (Fsp3) is 0.409. The van der Waals surface area contributed by atoms with Gasteiger partial charge in [0.25, 0.3) is 5.56 Å². The molecule has 2 aromatic heterocycles. The van der Waals surface area contributed by atoms with Gasteiger partial charge in [-0.2, -0.15) is 0 Å². The van der Waals surface area contributed by atoms with Crippen LogP contribution in [-0.2, 0) is 23.7 Å². The normalized spacial score (nSPS) is 18.8. The number of nitrogens with zero attached hydrogens (tertiary/aromatic N) is 4. The molecule has 1 aromatic carbocycles. The minimum atomic E-state index is -0.884. The molecule has 0 aliphatic carbocycles. The molecule has 3 aromatic rings. The Labute approximate surface area is 187 Å². The highest BCUT2D eigenvalue weighted by atomic mass is 32.1. The van der Waals surface area contributed by atoms with Crippen LogP contribution in [0.15, 0.2) is 33.9 Å². The zero-order valence-electron chi connectivity index (χ0n) is 17.8. The number of hydrogen-bond donors (Lipinski definition) is 1. The molecule has 1 atom stereocenters. The minimum absolute atomic E-state index is 0.0852. The maximum atomic E-state index is 13.0. The third-order valence-electron chi connectivity index (χ3n) is 6.49. The van der Waals surface area contributed by atoms with Crippen LogP contribution < -0.4 is 16.6 Å². The number of aromatic nitrogens is 3. The SMILES string of the molecule is Cn1c2c(c(=O)n(C)c1=O)C(CC(=O)N1CCC(c3nc4ccccc4s3)CC1)C(=O)N2. The van der Waals surface area contributed by atoms with E-state index in [9.17, 15) is 19.2 Å². The fourth-order valence-electron chi connectivity index (χ4n) is 4.61. The van der Waals surface area contributed by atoms with Crippen LogP contribution in [0, 0.1) is 0 Å². The zero-order chi connectivity index (χ0) is 22.6. The molecule has 2 aliphatic heterocycles. The average molecular weight is 454 g/mol. The topological polar surface area (TPSA) is 106 Å². The Morgan fingerprint density at radius 2 is 1.84 bits per heavy atom. The summed E-state index contributed by atoms with van der Waals surface area (Å²) in [6.07, 6.45) is 1.54. The standard InChI is InChI=1S/C22H23N5O4S/c1-25-18-17(21(30)26(2)22(25)31)13(19(29)24-18)11-16(28)27-9-7-12(8-10-27)20-23-14-5-3-4-6-15(14)32-20/h3-6,12-13H,7-11H2,1-2H3,(H,24,29). The first kappa shape index (κ1) is 20.6. The van der Waals surface area contributed by atoms with Crippen molar-refractivity contribution in [2.24, 2.45) is 14.1 Å². The lowest BCUT2D eigenvalue weighted by Gasteiger charge is -2.31. The number of fused-ring (bicyclic) bond motifs is 2. The van der Waals surface area contributed by atoms with Gasteiger partial charge in [0.15, 0.2) is 0 Å². The molecule has 4 heterocycles. The summed E-state index contributed by atoms with van der Waals surface area (Å²) in [6.45, 7) is 1.18. The van der Waals surface area contributed by atoms with Gasteiger partial charge in [-0.3, -0.25) is 23.5 Å². The summed E-state index contributed by atoms with van der Waals surface area (Å²) in [4.78, 5) is 56.8. The van der Waals surface area contributed by atoms with Gasteiger partial charge in [0.2, 0.25) is 11.8 Å². The molecule has 2 amide bonds. The molecular weight excluding hydrogens is 430 g/mol. The third kappa shape index (κ3) is 3.26. The first-order chi connectivity index (χ1) is 15.3. The van der Waals surface area contributed by atoms with E-state index >= 15 is 0 Å². The van der Waals surface area contributed by atoms with Gasteiger partial charge in [0.05, 0.1) is 26.7 Å². The predicted molar refractivity (Wildman–Crippen MR) is 121 cm³/mol. The quantitative estimate of drug-likeness (QED) is 0.647. The highest BCUT2D eigenvalue weighted by molar-refractivity contribution is 7.18. The van der Waals surface area contributed by atoms with Gasteiger partial charge in [-0.25, -0.2) is 9.78 Å². The Balaban J connectivity index is 1.30. The molecule has 32 heavy (non-hydrogen) atoms. The van der Waals surface area contributed by atoms with Crippen molar-refractivity contribution < 1.29 is 9.59 Å². The number of nitrogens with one attached hydrogen (secondary N) is 1. The van der Waals surface area contributed by atoms with E-state index < -0.39 is 23.1 Å². The number of hydrogen-bond acceptors (Lipinski definition) is 6. The second-order valence-electron chi connectivity index (χ2n) is 8.39. The Bertz CT molecular complexity index is 1330. The number of amides is 2. The molecule has 2 aliphatic rings. The zero-order valence-corrected chi connectivity index (χ0v) is 18.6. The summed E-state index contributed by atoms with van der Waals surface area (Å²) in [6, 6.07) is 8.07. The van der Waals surface area contributed by atoms with E-state index in [1.807, 2.05) is 18.2 Å². The number of likely N-dealkylation sites (tertiary alicyclic amines) is 1. The molecule has 9 nitrogen and oxygen atoms in total. The fourth-order valence-corrected chi connectivity index (χ4v) is 5.75. The Hall–Kier alpha value is -3.27. The van der Waals surface area contributed by atoms with Crippen molar-refractivity contribution in [1.29, 1.82) is 0 Å². The molecule has 1 unspecified atom stereocenters. The van der Waals surface area contributed by atoms with Crippen LogP contribution in [0.25, 0.3) is 10.2 Å². The van der Waals surface area contributed by atoms with Crippen molar-refractivity contribution in [3.63, 3.8) is 0 Å². The summed E-state index contributed by atoms with van der Waals surface area (Å²) >= 11 is 1.71. The number of carbonyl (C=O) groups excluding carboxylic acids is 2. The molecule has 5 rings (SSSR count). The second kappa shape index (κ2) is 7.70. The van der Waals surface area contributed by atoms with Gasteiger partial charge >= 0.3 is 5.69 Å². The van der Waals surface area contributed by atoms with E-state index in [4.69, 9.17) is 4.98 Å². The molecule has 10 heteroatoms. The third-order valence-corrected chi connectivity index (χ3v) is 7.69. The molecule has 1 fully saturated rings. The highest BCUT2D eigenvalue weighted by Gasteiger charge is 2.39. The first-order valence-electron chi connectivity index (χ1n) is 10.6. The summed E-state index contributed by atoms with van der Waals surface area (Å²) in [5.74, 6) is -0.957. The number of para-hydroxylation sites is 1. The molecule has 0 saturated carbocycles. The van der Waals surface area contributed by atoms with Gasteiger partial charge in [-0.05, 0) is 25.0 Å². The smallest absolute Gasteiger partial charge is 0.332 e. The van der Waals surface area contributed by atoms with Crippen molar-refractivity contribution in [1.82, 2.24) is 19.0 Å². The lowest BCUT2D eigenvalue weighted by atomic mass is 9.95. The highest BCUT2D eigenvalue weighted by Crippen LogP contribution is 2.35. The van der Waals surface area contributed by atoms with Crippen LogP contribution in [0.1, 0.15) is 41.7 Å². The van der Waals surface area contributed by atoms with Crippen molar-refractivity contribution in [2.45, 2.75) is 31.1 Å². The van der Waals surface area contributed by atoms with Gasteiger partial charge in [-0.1, -0.05) is 12.1 Å². The maximum Gasteiger partial charge on any atom is 0.332 e. The van der Waals surface area contributed by atoms with E-state index in [0.717, 1.165) is 27.9 Å². The summed E-state index contributed by atoms with van der Waals surface area (Å²) in [5.41, 5.74) is 0.150. The van der Waals surface area contributed by atoms with Crippen molar-refractivity contribution >= 4 is 39.2 Å². The van der Waals surface area contributed by atoms with Crippen molar-refractivity contribution in [3.05, 3.63) is 55.7 Å². The molecule has 1 saturated heterocycles. The van der Waals surface area contributed by atoms with Gasteiger partial charge in [0.1, 0.15) is 5.82 Å². The largest absolute Gasteiger partial charge is 0.343 e. The summed E-state index contributed by atoms with van der Waals surface area (Å²) in [5, 5.41) is 3.71. The molecule has 0 bridgehead atoms. The van der Waals surface area contributed by atoms with Crippen LogP contribution in [0.5, 0.6) is 0 Å². The van der Waals surface area contributed by atoms with Crippen LogP contribution in [0.2, 0.25) is 0 Å². The van der Waals surface area contributed by atoms with Crippen LogP contribution >= 0.6 is 11.3 Å². The number of anilines is 1. The lowest BCUT2D eigenvalue weighted by molar-refractivity contribution is -0.134. The summed E-state index contributed by atoms with van der Waals surface area (Å²) in [7, 11) is 2.87. The van der Waals surface area contributed by atoms with Gasteiger partial charge < -0.3 is 10.2 Å². The number of piperidine rings is 1. The predicted octanol–water partition coefficient (Wildman–Crippen LogP) is 1.53. The number of carbonyl (C=O) groups is 2. The van der Waals surface area contributed by atoms with Crippen LogP contribution in [0.4, 0.5) is 5.82 Å². The molecular formula is C22H23N5O4S. The van der Waals surface area contributed by atoms with Crippen LogP contribution in [-0.4, -0.2) is 43.9 Å². The monoisotopic (exact) mass is 453 g/mol. The maximum absolute atomic E-state index is 13.0. The Kier molecular flexibility index (Phi) is 4.96. The van der Waals surface area contributed by atoms with E-state index in [1.165, 1.54) is 23.4 Å². The van der Waals surface area contributed by atoms with Crippen molar-refractivity contribution in [2.75, 3.05) is 18.4 Å². The molecule has 0 spiro atoms. The van der Waals surface area contributed by atoms with E-state index in [0.29, 0.717) is 19.0 Å². The van der Waals surface area contributed by atoms with Gasteiger partial charge in [0, 0.05) is 39.5 Å². The number of rotatable bonds is 3. The van der Waals surface area contributed by atoms with E-state index in [-0.39, 0.29) is 23.7 Å². The van der Waals surface area contributed by atoms with Crippen LogP contribution in [0.3, 0.4) is 0 Å². The Morgan fingerprint density at radius 3 is 2.56 bits per heavy atom. The minimum Gasteiger partial charge on any atom is -0.343 e. The van der Waals surface area contributed by atoms with Crippen molar-refractivity contribution in [3.8, 4) is 0 Å². The molecule has 0 radical (unpaired) electrons. The average Bonchev–Trinajstić information content (AvgIpc) is 3.38. The first-order valence-corrected chi connectivity index (χ1v) is 11.4. The molecule has 166 valence electrons. The summed E-state index contributed by atoms with van der Waals surface area (Å²) < 4.78 is 3.38. The lowest BCUT2D eigenvalue weighted by Crippen LogP contribution is -2.41. The van der Waals surface area contributed by atoms with E-state index in [1.54, 1.807) is 16.2 Å². The van der Waals surface area contributed by atoms with E-state index in [2.05, 4.69) is 11.4 Å². The van der Waals surface area contributed by atoms with Gasteiger partial charge in [-0.15, -0.1) is 11.3 Å². The Morgan fingerprint density at radius 1 is 1.12 bits per heavy atom. The number of thiazole rings is 1. The number of benzene rings is 1. The molecule has 1 N–H and O–H groups in total.